The van der Waals surface area contributed by atoms with Gasteiger partial charge in [0.25, 0.3) is 0 Å². The Morgan fingerprint density at radius 1 is 1.24 bits per heavy atom. The Morgan fingerprint density at radius 3 is 3.10 bits per heavy atom. The summed E-state index contributed by atoms with van der Waals surface area (Å²) in [6, 6.07) is 9.48. The fraction of sp³-hybridized carbons (Fsp3) is 0.474. The number of hydrogen-bond acceptors (Lipinski definition) is 1. The third-order valence-corrected chi connectivity index (χ3v) is 5.99. The lowest BCUT2D eigenvalue weighted by atomic mass is 9.77. The molecule has 1 aliphatic carbocycles. The van der Waals surface area contributed by atoms with Gasteiger partial charge in [-0.3, -0.25) is 4.90 Å². The normalized spacial score (nSPS) is 31.7. The minimum absolute atomic E-state index is 0.634. The minimum atomic E-state index is 0.634. The number of aromatic amines is 1. The molecule has 2 nitrogen and oxygen atoms in total. The lowest BCUT2D eigenvalue weighted by molar-refractivity contribution is 0.210. The summed E-state index contributed by atoms with van der Waals surface area (Å²) >= 11 is 0. The first-order chi connectivity index (χ1) is 10.3. The van der Waals surface area contributed by atoms with E-state index >= 15 is 0 Å². The van der Waals surface area contributed by atoms with Crippen molar-refractivity contribution in [2.24, 2.45) is 11.8 Å². The maximum absolute atomic E-state index is 3.77. The molecule has 1 aromatic heterocycles. The molecule has 0 bridgehead atoms. The average molecular weight is 278 g/mol. The summed E-state index contributed by atoms with van der Waals surface area (Å²) in [5.41, 5.74) is 6.06. The number of hydrogen-bond donors (Lipinski definition) is 1. The van der Waals surface area contributed by atoms with Crippen LogP contribution >= 0.6 is 0 Å². The third kappa shape index (κ3) is 1.63. The van der Waals surface area contributed by atoms with Gasteiger partial charge in [0.1, 0.15) is 0 Å². The summed E-state index contributed by atoms with van der Waals surface area (Å²) in [6.07, 6.45) is 6.27. The van der Waals surface area contributed by atoms with E-state index in [4.69, 9.17) is 0 Å². The van der Waals surface area contributed by atoms with Gasteiger partial charge in [0, 0.05) is 29.7 Å². The van der Waals surface area contributed by atoms with Crippen molar-refractivity contribution >= 4 is 10.9 Å². The lowest BCUT2D eigenvalue weighted by Gasteiger charge is -2.34. The molecule has 1 saturated heterocycles. The zero-order chi connectivity index (χ0) is 14.0. The molecule has 0 unspecified atom stereocenters. The van der Waals surface area contributed by atoms with Gasteiger partial charge in [0.15, 0.2) is 0 Å². The van der Waals surface area contributed by atoms with Gasteiger partial charge in [-0.05, 0) is 49.7 Å². The van der Waals surface area contributed by atoms with E-state index in [1.807, 2.05) is 0 Å². The Labute approximate surface area is 125 Å². The van der Waals surface area contributed by atoms with Crippen molar-refractivity contribution in [2.75, 3.05) is 13.1 Å². The largest absolute Gasteiger partial charge is 0.357 e. The molecule has 21 heavy (non-hydrogen) atoms. The number of rotatable bonds is 0. The number of allylic oxidation sites excluding steroid dienone is 2. The van der Waals surface area contributed by atoms with Crippen LogP contribution in [0.5, 0.6) is 0 Å². The predicted molar refractivity (Wildman–Crippen MR) is 86.3 cm³/mol. The van der Waals surface area contributed by atoms with Crippen molar-refractivity contribution in [2.45, 2.75) is 32.2 Å². The van der Waals surface area contributed by atoms with Crippen molar-refractivity contribution in [3.63, 3.8) is 0 Å². The molecule has 0 saturated carbocycles. The Hall–Kier alpha value is -1.54. The number of aromatic nitrogens is 1. The molecule has 3 heterocycles. The maximum atomic E-state index is 3.77. The standard InChI is InChI=1S/C19H22N2/c1-12-6-7-13-11-21-9-8-15-14-4-2-3-5-17(14)20-18(15)19(21)16(13)10-12/h2-6,13,16,19-20H,7-11H2,1H3/t13-,16+,19-/m1/s1. The molecule has 2 aliphatic heterocycles. The van der Waals surface area contributed by atoms with Gasteiger partial charge < -0.3 is 4.98 Å². The molecule has 2 aromatic rings. The fourth-order valence-electron chi connectivity index (χ4n) is 5.04. The molecule has 2 heteroatoms. The SMILES string of the molecule is CC1=CC[C@@H]2CN3CCc4c([nH]c5ccccc45)[C@H]3[C@H]2C1. The van der Waals surface area contributed by atoms with Crippen LogP contribution in [0, 0.1) is 11.8 Å². The van der Waals surface area contributed by atoms with Gasteiger partial charge in [0.2, 0.25) is 0 Å². The zero-order valence-electron chi connectivity index (χ0n) is 12.6. The van der Waals surface area contributed by atoms with Gasteiger partial charge in [0.05, 0.1) is 6.04 Å². The van der Waals surface area contributed by atoms with Gasteiger partial charge >= 0.3 is 0 Å². The molecule has 3 aliphatic rings. The monoisotopic (exact) mass is 278 g/mol. The number of nitrogens with one attached hydrogen (secondary N) is 1. The van der Waals surface area contributed by atoms with Crippen molar-refractivity contribution in [1.29, 1.82) is 0 Å². The van der Waals surface area contributed by atoms with Gasteiger partial charge in [-0.1, -0.05) is 29.8 Å². The molecule has 1 aromatic carbocycles. The molecule has 1 fully saturated rings. The number of fused-ring (bicyclic) bond motifs is 7. The summed E-state index contributed by atoms with van der Waals surface area (Å²) in [6.45, 7) is 4.85. The average Bonchev–Trinajstić information content (AvgIpc) is 3.04. The molecule has 1 N–H and O–H groups in total. The number of nitrogens with zero attached hydrogens (tertiary/aromatic N) is 1. The van der Waals surface area contributed by atoms with Crippen LogP contribution in [0.4, 0.5) is 0 Å². The summed E-state index contributed by atoms with van der Waals surface area (Å²) in [7, 11) is 0. The summed E-state index contributed by atoms with van der Waals surface area (Å²) in [5, 5.41) is 1.46. The van der Waals surface area contributed by atoms with Gasteiger partial charge in [-0.25, -0.2) is 0 Å². The second-order valence-corrected chi connectivity index (χ2v) is 7.17. The second-order valence-electron chi connectivity index (χ2n) is 7.17. The van der Waals surface area contributed by atoms with E-state index in [-0.39, 0.29) is 0 Å². The zero-order valence-corrected chi connectivity index (χ0v) is 12.6. The Bertz CT molecular complexity index is 739. The van der Waals surface area contributed by atoms with E-state index in [0.29, 0.717) is 6.04 Å². The van der Waals surface area contributed by atoms with E-state index in [1.165, 1.54) is 48.9 Å². The number of H-pyrrole nitrogens is 1. The third-order valence-electron chi connectivity index (χ3n) is 5.99. The highest BCUT2D eigenvalue weighted by Gasteiger charge is 2.46. The molecule has 0 spiro atoms. The Kier molecular flexibility index (Phi) is 2.43. The van der Waals surface area contributed by atoms with Crippen molar-refractivity contribution < 1.29 is 0 Å². The lowest BCUT2D eigenvalue weighted by Crippen LogP contribution is -2.32. The highest BCUT2D eigenvalue weighted by molar-refractivity contribution is 5.85. The summed E-state index contributed by atoms with van der Waals surface area (Å²) in [4.78, 5) is 6.52. The van der Waals surface area contributed by atoms with Gasteiger partial charge in [-0.15, -0.1) is 0 Å². The van der Waals surface area contributed by atoms with E-state index < -0.39 is 0 Å². The van der Waals surface area contributed by atoms with Crippen LogP contribution in [0.3, 0.4) is 0 Å². The van der Waals surface area contributed by atoms with E-state index in [1.54, 1.807) is 11.1 Å². The topological polar surface area (TPSA) is 19.0 Å². The van der Waals surface area contributed by atoms with Crippen LogP contribution in [0.1, 0.15) is 37.1 Å². The minimum Gasteiger partial charge on any atom is -0.357 e. The van der Waals surface area contributed by atoms with E-state index in [0.717, 1.165) is 11.8 Å². The molecule has 5 rings (SSSR count). The molecule has 0 radical (unpaired) electrons. The Balaban J connectivity index is 1.65. The molecule has 108 valence electrons. The number of benzene rings is 1. The van der Waals surface area contributed by atoms with Crippen LogP contribution in [0.2, 0.25) is 0 Å². The van der Waals surface area contributed by atoms with Crippen LogP contribution in [-0.2, 0) is 6.42 Å². The smallest absolute Gasteiger partial charge is 0.0536 e. The molecular formula is C19H22N2. The first-order valence-corrected chi connectivity index (χ1v) is 8.30. The maximum Gasteiger partial charge on any atom is 0.0536 e. The summed E-state index contributed by atoms with van der Waals surface area (Å²) in [5.74, 6) is 1.69. The fourth-order valence-corrected chi connectivity index (χ4v) is 5.04. The van der Waals surface area contributed by atoms with Crippen LogP contribution in [0.25, 0.3) is 10.9 Å². The quantitative estimate of drug-likeness (QED) is 0.720. The van der Waals surface area contributed by atoms with Gasteiger partial charge in [-0.2, -0.15) is 0 Å². The Morgan fingerprint density at radius 2 is 2.14 bits per heavy atom. The summed E-state index contributed by atoms with van der Waals surface area (Å²) < 4.78 is 0. The van der Waals surface area contributed by atoms with E-state index in [9.17, 15) is 0 Å². The van der Waals surface area contributed by atoms with Crippen molar-refractivity contribution in [3.8, 4) is 0 Å². The van der Waals surface area contributed by atoms with Crippen molar-refractivity contribution in [1.82, 2.24) is 9.88 Å². The second kappa shape index (κ2) is 4.23. The molecule has 3 atom stereocenters. The van der Waals surface area contributed by atoms with Crippen LogP contribution in [0.15, 0.2) is 35.9 Å². The highest BCUT2D eigenvalue weighted by atomic mass is 15.2. The molecule has 0 amide bonds. The van der Waals surface area contributed by atoms with Crippen LogP contribution < -0.4 is 0 Å². The van der Waals surface area contributed by atoms with Crippen LogP contribution in [-0.4, -0.2) is 23.0 Å². The van der Waals surface area contributed by atoms with Crippen molar-refractivity contribution in [3.05, 3.63) is 47.2 Å². The number of para-hydroxylation sites is 1. The van der Waals surface area contributed by atoms with E-state index in [2.05, 4.69) is 47.1 Å². The highest BCUT2D eigenvalue weighted by Crippen LogP contribution is 2.50. The predicted octanol–water partition coefficient (Wildman–Crippen LogP) is 4.05. The molecular weight excluding hydrogens is 256 g/mol. The first-order valence-electron chi connectivity index (χ1n) is 8.30. The first kappa shape index (κ1) is 12.0.